The zero-order chi connectivity index (χ0) is 9.97. The molecule has 0 bridgehead atoms. The number of benzene rings is 1. The summed E-state index contributed by atoms with van der Waals surface area (Å²) in [5, 5.41) is 3.41. The fourth-order valence-corrected chi connectivity index (χ4v) is 1.66. The molecular formula is C12H17NO. The third kappa shape index (κ3) is 2.14. The molecule has 0 amide bonds. The molecule has 0 aromatic heterocycles. The van der Waals surface area contributed by atoms with E-state index >= 15 is 0 Å². The first-order valence-electron chi connectivity index (χ1n) is 5.17. The van der Waals surface area contributed by atoms with Gasteiger partial charge in [-0.2, -0.15) is 0 Å². The van der Waals surface area contributed by atoms with E-state index in [1.807, 2.05) is 0 Å². The van der Waals surface area contributed by atoms with Crippen molar-refractivity contribution in [2.45, 2.75) is 39.6 Å². The zero-order valence-electron chi connectivity index (χ0n) is 8.84. The van der Waals surface area contributed by atoms with Gasteiger partial charge in [0, 0.05) is 12.6 Å². The summed E-state index contributed by atoms with van der Waals surface area (Å²) >= 11 is 0. The molecule has 1 aromatic rings. The van der Waals surface area contributed by atoms with Crippen molar-refractivity contribution in [1.82, 2.24) is 5.32 Å². The molecule has 1 aromatic carbocycles. The van der Waals surface area contributed by atoms with Gasteiger partial charge < -0.3 is 10.1 Å². The molecule has 2 rings (SSSR count). The Bertz CT molecular complexity index is 320. The second-order valence-corrected chi connectivity index (χ2v) is 4.13. The first-order valence-corrected chi connectivity index (χ1v) is 5.17. The van der Waals surface area contributed by atoms with Crippen LogP contribution in [-0.4, -0.2) is 6.04 Å². The van der Waals surface area contributed by atoms with Gasteiger partial charge in [-0.25, -0.2) is 0 Å². The molecule has 1 heterocycles. The molecule has 76 valence electrons. The number of fused-ring (bicyclic) bond motifs is 1. The molecule has 14 heavy (non-hydrogen) atoms. The van der Waals surface area contributed by atoms with Crippen molar-refractivity contribution in [3.8, 4) is 0 Å². The van der Waals surface area contributed by atoms with Crippen molar-refractivity contribution in [2.75, 3.05) is 0 Å². The van der Waals surface area contributed by atoms with E-state index in [9.17, 15) is 0 Å². The fourth-order valence-electron chi connectivity index (χ4n) is 1.66. The summed E-state index contributed by atoms with van der Waals surface area (Å²) in [4.78, 5) is 0. The normalized spacial score (nSPS) is 14.8. The predicted molar refractivity (Wildman–Crippen MR) is 56.9 cm³/mol. The van der Waals surface area contributed by atoms with E-state index in [-0.39, 0.29) is 0 Å². The molecule has 2 nitrogen and oxygen atoms in total. The molecule has 0 atom stereocenters. The molecule has 0 spiro atoms. The largest absolute Gasteiger partial charge is 0.372 e. The number of ether oxygens (including phenoxy) is 1. The first kappa shape index (κ1) is 9.69. The van der Waals surface area contributed by atoms with Crippen LogP contribution in [0.1, 0.15) is 30.5 Å². The fraction of sp³-hybridized carbons (Fsp3) is 0.500. The number of rotatable bonds is 3. The van der Waals surface area contributed by atoms with Crippen molar-refractivity contribution < 1.29 is 4.74 Å². The molecule has 0 radical (unpaired) electrons. The van der Waals surface area contributed by atoms with Crippen molar-refractivity contribution in [3.63, 3.8) is 0 Å². The summed E-state index contributed by atoms with van der Waals surface area (Å²) in [7, 11) is 0. The van der Waals surface area contributed by atoms with E-state index in [0.29, 0.717) is 6.04 Å². The SMILES string of the molecule is CC(C)NCc1ccc2c(c1)COC2. The lowest BCUT2D eigenvalue weighted by molar-refractivity contribution is 0.134. The maximum absolute atomic E-state index is 5.38. The second kappa shape index (κ2) is 4.11. The van der Waals surface area contributed by atoms with Crippen LogP contribution in [0.5, 0.6) is 0 Å². The van der Waals surface area contributed by atoms with Gasteiger partial charge in [0.15, 0.2) is 0 Å². The Hall–Kier alpha value is -0.860. The molecule has 1 aliphatic rings. The van der Waals surface area contributed by atoms with Crippen LogP contribution in [0.2, 0.25) is 0 Å². The van der Waals surface area contributed by atoms with Gasteiger partial charge >= 0.3 is 0 Å². The lowest BCUT2D eigenvalue weighted by atomic mass is 10.1. The molecule has 1 N–H and O–H groups in total. The topological polar surface area (TPSA) is 21.3 Å². The van der Waals surface area contributed by atoms with E-state index in [1.165, 1.54) is 16.7 Å². The average Bonchev–Trinajstić information content (AvgIpc) is 2.61. The Balaban J connectivity index is 2.05. The summed E-state index contributed by atoms with van der Waals surface area (Å²) in [6, 6.07) is 7.15. The van der Waals surface area contributed by atoms with E-state index in [1.54, 1.807) is 0 Å². The van der Waals surface area contributed by atoms with E-state index in [0.717, 1.165) is 19.8 Å². The summed E-state index contributed by atoms with van der Waals surface area (Å²) in [6.45, 7) is 6.84. The molecule has 0 unspecified atom stereocenters. The van der Waals surface area contributed by atoms with Gasteiger partial charge in [0.1, 0.15) is 0 Å². The summed E-state index contributed by atoms with van der Waals surface area (Å²) in [6.07, 6.45) is 0. The molecule has 0 saturated carbocycles. The molecule has 0 aliphatic carbocycles. The molecule has 0 saturated heterocycles. The van der Waals surface area contributed by atoms with Crippen molar-refractivity contribution in [1.29, 1.82) is 0 Å². The minimum Gasteiger partial charge on any atom is -0.372 e. The maximum atomic E-state index is 5.38. The van der Waals surface area contributed by atoms with Crippen LogP contribution in [0.25, 0.3) is 0 Å². The Morgan fingerprint density at radius 2 is 2.07 bits per heavy atom. The third-order valence-electron chi connectivity index (χ3n) is 2.50. The second-order valence-electron chi connectivity index (χ2n) is 4.13. The number of nitrogens with one attached hydrogen (secondary N) is 1. The summed E-state index contributed by atoms with van der Waals surface area (Å²) < 4.78 is 5.38. The van der Waals surface area contributed by atoms with Crippen LogP contribution in [0.15, 0.2) is 18.2 Å². The predicted octanol–water partition coefficient (Wildman–Crippen LogP) is 2.21. The van der Waals surface area contributed by atoms with Gasteiger partial charge in [-0.1, -0.05) is 32.0 Å². The van der Waals surface area contributed by atoms with Crippen LogP contribution in [0, 0.1) is 0 Å². The minimum absolute atomic E-state index is 0.541. The van der Waals surface area contributed by atoms with Crippen molar-refractivity contribution in [3.05, 3.63) is 34.9 Å². The molecular weight excluding hydrogens is 174 g/mol. The number of hydrogen-bond acceptors (Lipinski definition) is 2. The Morgan fingerprint density at radius 1 is 1.29 bits per heavy atom. The molecule has 2 heteroatoms. The minimum atomic E-state index is 0.541. The highest BCUT2D eigenvalue weighted by molar-refractivity contribution is 5.33. The molecule has 0 fully saturated rings. The van der Waals surface area contributed by atoms with E-state index in [2.05, 4.69) is 37.4 Å². The van der Waals surface area contributed by atoms with Gasteiger partial charge in [0.25, 0.3) is 0 Å². The van der Waals surface area contributed by atoms with Gasteiger partial charge in [-0.3, -0.25) is 0 Å². The lowest BCUT2D eigenvalue weighted by Gasteiger charge is -2.08. The van der Waals surface area contributed by atoms with Crippen molar-refractivity contribution >= 4 is 0 Å². The Kier molecular flexibility index (Phi) is 2.85. The van der Waals surface area contributed by atoms with Crippen LogP contribution in [-0.2, 0) is 24.5 Å². The highest BCUT2D eigenvalue weighted by Crippen LogP contribution is 2.20. The van der Waals surface area contributed by atoms with E-state index in [4.69, 9.17) is 4.74 Å². The monoisotopic (exact) mass is 191 g/mol. The van der Waals surface area contributed by atoms with Crippen molar-refractivity contribution in [2.24, 2.45) is 0 Å². The highest BCUT2D eigenvalue weighted by Gasteiger charge is 2.10. The summed E-state index contributed by atoms with van der Waals surface area (Å²) in [5.74, 6) is 0. The first-order chi connectivity index (χ1) is 6.75. The van der Waals surface area contributed by atoms with Crippen LogP contribution in [0.3, 0.4) is 0 Å². The van der Waals surface area contributed by atoms with Crippen LogP contribution < -0.4 is 5.32 Å². The zero-order valence-corrected chi connectivity index (χ0v) is 8.84. The summed E-state index contributed by atoms with van der Waals surface area (Å²) in [5.41, 5.74) is 4.05. The quantitative estimate of drug-likeness (QED) is 0.791. The van der Waals surface area contributed by atoms with Gasteiger partial charge in [0.2, 0.25) is 0 Å². The van der Waals surface area contributed by atoms with Crippen LogP contribution >= 0.6 is 0 Å². The number of hydrogen-bond donors (Lipinski definition) is 1. The Labute approximate surface area is 85.3 Å². The lowest BCUT2D eigenvalue weighted by Crippen LogP contribution is -2.21. The highest BCUT2D eigenvalue weighted by atomic mass is 16.5. The van der Waals surface area contributed by atoms with E-state index < -0.39 is 0 Å². The Morgan fingerprint density at radius 3 is 2.86 bits per heavy atom. The van der Waals surface area contributed by atoms with Gasteiger partial charge in [-0.05, 0) is 16.7 Å². The smallest absolute Gasteiger partial charge is 0.0725 e. The van der Waals surface area contributed by atoms with Gasteiger partial charge in [0.05, 0.1) is 13.2 Å². The average molecular weight is 191 g/mol. The van der Waals surface area contributed by atoms with Crippen LogP contribution in [0.4, 0.5) is 0 Å². The maximum Gasteiger partial charge on any atom is 0.0725 e. The standard InChI is InChI=1S/C12H17NO/c1-9(2)13-6-10-3-4-11-7-14-8-12(11)5-10/h3-5,9,13H,6-8H2,1-2H3. The molecule has 1 aliphatic heterocycles. The van der Waals surface area contributed by atoms with Gasteiger partial charge in [-0.15, -0.1) is 0 Å². The third-order valence-corrected chi connectivity index (χ3v) is 2.50.